The van der Waals surface area contributed by atoms with Gasteiger partial charge in [0.15, 0.2) is 11.5 Å². The Kier molecular flexibility index (Phi) is 7.02. The van der Waals surface area contributed by atoms with E-state index in [0.717, 1.165) is 5.56 Å². The summed E-state index contributed by atoms with van der Waals surface area (Å²) in [7, 11) is 3.49. The maximum Gasteiger partial charge on any atom is 0.296 e. The normalized spacial score (nSPS) is 15.5. The van der Waals surface area contributed by atoms with Crippen LogP contribution in [0, 0.1) is 5.82 Å². The number of aryl methyl sites for hydroxylation is 1. The molecule has 1 amide bonds. The van der Waals surface area contributed by atoms with Crippen LogP contribution >= 0.6 is 0 Å². The zero-order valence-electron chi connectivity index (χ0n) is 19.5. The van der Waals surface area contributed by atoms with Gasteiger partial charge in [0.1, 0.15) is 17.3 Å². The first-order valence-electron chi connectivity index (χ1n) is 11.2. The molecule has 9 nitrogen and oxygen atoms in total. The highest BCUT2D eigenvalue weighted by Crippen LogP contribution is 2.25. The van der Waals surface area contributed by atoms with Gasteiger partial charge in [-0.25, -0.2) is 9.37 Å². The molecule has 1 aliphatic heterocycles. The number of carbonyl (C=O) groups is 2. The Morgan fingerprint density at radius 2 is 1.91 bits per heavy atom. The van der Waals surface area contributed by atoms with E-state index in [0.29, 0.717) is 31.0 Å². The maximum atomic E-state index is 13.1. The molecule has 0 aliphatic carbocycles. The predicted molar refractivity (Wildman–Crippen MR) is 126 cm³/mol. The van der Waals surface area contributed by atoms with Gasteiger partial charge in [-0.2, -0.15) is 0 Å². The van der Waals surface area contributed by atoms with Crippen molar-refractivity contribution in [2.45, 2.75) is 25.4 Å². The second-order valence-electron chi connectivity index (χ2n) is 8.57. The zero-order chi connectivity index (χ0) is 25.1. The Labute approximate surface area is 201 Å². The van der Waals surface area contributed by atoms with Crippen LogP contribution in [0.1, 0.15) is 44.8 Å². The maximum absolute atomic E-state index is 13.1. The number of rotatable bonds is 7. The monoisotopic (exact) mass is 479 g/mol. The van der Waals surface area contributed by atoms with Crippen LogP contribution in [0.25, 0.3) is 0 Å². The molecule has 0 saturated heterocycles. The highest BCUT2D eigenvalue weighted by molar-refractivity contribution is 5.96. The molecule has 0 fully saturated rings. The number of carbonyl (C=O) groups excluding carboxylic acids is 2. The molecule has 1 unspecified atom stereocenters. The van der Waals surface area contributed by atoms with Gasteiger partial charge in [0.2, 0.25) is 5.75 Å². The summed E-state index contributed by atoms with van der Waals surface area (Å²) in [4.78, 5) is 50.6. The molecule has 35 heavy (non-hydrogen) atoms. The number of benzene rings is 1. The summed E-state index contributed by atoms with van der Waals surface area (Å²) in [5, 5.41) is 10.5. The summed E-state index contributed by atoms with van der Waals surface area (Å²) in [6.45, 7) is 0.998. The Morgan fingerprint density at radius 3 is 2.60 bits per heavy atom. The van der Waals surface area contributed by atoms with Crippen molar-refractivity contribution in [3.05, 3.63) is 87.6 Å². The van der Waals surface area contributed by atoms with Crippen LogP contribution in [0.3, 0.4) is 0 Å². The average molecular weight is 480 g/mol. The van der Waals surface area contributed by atoms with Crippen molar-refractivity contribution in [1.82, 2.24) is 24.3 Å². The lowest BCUT2D eigenvalue weighted by Crippen LogP contribution is -2.46. The van der Waals surface area contributed by atoms with E-state index >= 15 is 0 Å². The lowest BCUT2D eigenvalue weighted by molar-refractivity contribution is 0.0708. The van der Waals surface area contributed by atoms with Gasteiger partial charge in [-0.3, -0.25) is 28.8 Å². The summed E-state index contributed by atoms with van der Waals surface area (Å²) < 4.78 is 14.5. The minimum atomic E-state index is -0.683. The smallest absolute Gasteiger partial charge is 0.296 e. The molecule has 10 heteroatoms. The average Bonchev–Trinajstić information content (AvgIpc) is 2.87. The van der Waals surface area contributed by atoms with Crippen LogP contribution in [0.15, 0.2) is 53.5 Å². The number of hydrogen-bond acceptors (Lipinski definition) is 7. The first kappa shape index (κ1) is 24.2. The van der Waals surface area contributed by atoms with Crippen molar-refractivity contribution in [2.75, 3.05) is 27.2 Å². The van der Waals surface area contributed by atoms with Crippen LogP contribution in [0.4, 0.5) is 4.39 Å². The standard InChI is InChI=1S/C25H26FN5O4/c1-29-13-14-31-23(19(29)15-30(2)24(34)18-5-3-4-12-27-18)28-21(22(33)25(31)35)20(32)11-8-16-6-9-17(26)10-7-16/h3-7,9-10,12,19,33H,8,11,13-15H2,1-2H3. The third-order valence-electron chi connectivity index (χ3n) is 6.18. The van der Waals surface area contributed by atoms with Crippen LogP contribution in [0.2, 0.25) is 0 Å². The van der Waals surface area contributed by atoms with E-state index in [4.69, 9.17) is 0 Å². The van der Waals surface area contributed by atoms with Crippen molar-refractivity contribution in [1.29, 1.82) is 0 Å². The molecule has 1 atom stereocenters. The summed E-state index contributed by atoms with van der Waals surface area (Å²) in [5.74, 6) is -1.51. The topological polar surface area (TPSA) is 109 Å². The fourth-order valence-electron chi connectivity index (χ4n) is 4.11. The lowest BCUT2D eigenvalue weighted by atomic mass is 10.0. The number of nitrogens with zero attached hydrogens (tertiary/aromatic N) is 5. The van der Waals surface area contributed by atoms with Crippen LogP contribution < -0.4 is 5.56 Å². The van der Waals surface area contributed by atoms with E-state index in [2.05, 4.69) is 9.97 Å². The van der Waals surface area contributed by atoms with E-state index in [9.17, 15) is 23.9 Å². The molecule has 4 rings (SSSR count). The van der Waals surface area contributed by atoms with E-state index in [-0.39, 0.29) is 30.4 Å². The first-order chi connectivity index (χ1) is 16.8. The largest absolute Gasteiger partial charge is 0.501 e. The quantitative estimate of drug-likeness (QED) is 0.517. The molecular weight excluding hydrogens is 453 g/mol. The van der Waals surface area contributed by atoms with Crippen molar-refractivity contribution in [3.8, 4) is 5.75 Å². The number of fused-ring (bicyclic) bond motifs is 1. The van der Waals surface area contributed by atoms with Crippen molar-refractivity contribution in [2.24, 2.45) is 0 Å². The van der Waals surface area contributed by atoms with E-state index in [1.165, 1.54) is 27.8 Å². The van der Waals surface area contributed by atoms with Gasteiger partial charge >= 0.3 is 0 Å². The minimum absolute atomic E-state index is 0.00629. The first-order valence-corrected chi connectivity index (χ1v) is 11.2. The Bertz CT molecular complexity index is 1290. The van der Waals surface area contributed by atoms with Gasteiger partial charge in [-0.1, -0.05) is 18.2 Å². The fourth-order valence-corrected chi connectivity index (χ4v) is 4.11. The number of hydrogen-bond donors (Lipinski definition) is 1. The Balaban J connectivity index is 1.60. The number of aromatic nitrogens is 3. The molecule has 1 N–H and O–H groups in total. The molecule has 182 valence electrons. The molecule has 3 aromatic rings. The van der Waals surface area contributed by atoms with Crippen LogP contribution in [-0.2, 0) is 13.0 Å². The highest BCUT2D eigenvalue weighted by Gasteiger charge is 2.32. The number of likely N-dealkylation sites (N-methyl/N-ethyl adjacent to an activating group) is 2. The summed E-state index contributed by atoms with van der Waals surface area (Å²) >= 11 is 0. The summed E-state index contributed by atoms with van der Waals surface area (Å²) in [6.07, 6.45) is 1.84. The lowest BCUT2D eigenvalue weighted by Gasteiger charge is -2.36. The Morgan fingerprint density at radius 1 is 1.17 bits per heavy atom. The molecule has 1 aromatic carbocycles. The molecule has 2 aromatic heterocycles. The second-order valence-corrected chi connectivity index (χ2v) is 8.57. The molecule has 0 saturated carbocycles. The minimum Gasteiger partial charge on any atom is -0.501 e. The van der Waals surface area contributed by atoms with Gasteiger partial charge in [0, 0.05) is 39.3 Å². The van der Waals surface area contributed by atoms with Crippen LogP contribution in [0.5, 0.6) is 5.75 Å². The number of pyridine rings is 1. The number of aromatic hydroxyl groups is 1. The predicted octanol–water partition coefficient (Wildman–Crippen LogP) is 2.06. The van der Waals surface area contributed by atoms with Gasteiger partial charge < -0.3 is 10.0 Å². The third-order valence-corrected chi connectivity index (χ3v) is 6.18. The van der Waals surface area contributed by atoms with Crippen molar-refractivity contribution in [3.63, 3.8) is 0 Å². The van der Waals surface area contributed by atoms with Gasteiger partial charge in [-0.05, 0) is 43.3 Å². The second kappa shape index (κ2) is 10.1. The van der Waals surface area contributed by atoms with Gasteiger partial charge in [-0.15, -0.1) is 0 Å². The van der Waals surface area contributed by atoms with E-state index in [1.54, 1.807) is 37.4 Å². The molecule has 1 aliphatic rings. The molecular formula is C25H26FN5O4. The summed E-state index contributed by atoms with van der Waals surface area (Å²) in [6, 6.07) is 10.4. The highest BCUT2D eigenvalue weighted by atomic mass is 19.1. The number of halogens is 1. The molecule has 0 bridgehead atoms. The number of Topliss-reactive ketones (excluding diaryl/α,β-unsaturated/α-hetero) is 1. The van der Waals surface area contributed by atoms with Crippen molar-refractivity contribution >= 4 is 11.7 Å². The SMILES string of the molecule is CN(CC1c2nc(C(=O)CCc3ccc(F)cc3)c(O)c(=O)n2CCN1C)C(=O)c1ccccn1. The van der Waals surface area contributed by atoms with Crippen molar-refractivity contribution < 1.29 is 19.1 Å². The number of amides is 1. The fraction of sp³-hybridized carbons (Fsp3) is 0.320. The molecule has 3 heterocycles. The van der Waals surface area contributed by atoms with Gasteiger partial charge in [0.25, 0.3) is 11.5 Å². The van der Waals surface area contributed by atoms with E-state index in [1.807, 2.05) is 11.9 Å². The summed E-state index contributed by atoms with van der Waals surface area (Å²) in [5.41, 5.74) is 0.0710. The molecule has 0 spiro atoms. The number of ketones is 1. The van der Waals surface area contributed by atoms with E-state index < -0.39 is 23.1 Å². The Hall–Kier alpha value is -3.92. The zero-order valence-corrected chi connectivity index (χ0v) is 19.5. The third kappa shape index (κ3) is 5.12. The van der Waals surface area contributed by atoms with Gasteiger partial charge in [0.05, 0.1) is 6.04 Å². The van der Waals surface area contributed by atoms with Crippen LogP contribution in [-0.4, -0.2) is 68.3 Å². The molecule has 0 radical (unpaired) electrons.